The molecule has 5 nitrogen and oxygen atoms in total. The maximum absolute atomic E-state index is 11.8. The van der Waals surface area contributed by atoms with Crippen molar-refractivity contribution in [2.75, 3.05) is 0 Å². The van der Waals surface area contributed by atoms with Crippen molar-refractivity contribution in [2.24, 2.45) is 0 Å². The standard InChI is InChI=1S/C11H13BrN2O3/c1-2-4-8(11(16)17)14-10(15)9-7(12)5-3-6-13-9/h3,5-6,8H,2,4H2,1H3,(H,14,15)(H,16,17)/t8-/m0/s1. The highest BCUT2D eigenvalue weighted by Gasteiger charge is 2.21. The van der Waals surface area contributed by atoms with Gasteiger partial charge in [-0.05, 0) is 34.5 Å². The minimum absolute atomic E-state index is 0.190. The Bertz CT molecular complexity index is 423. The monoisotopic (exact) mass is 300 g/mol. The summed E-state index contributed by atoms with van der Waals surface area (Å²) in [6.45, 7) is 1.86. The van der Waals surface area contributed by atoms with Crippen LogP contribution in [0.5, 0.6) is 0 Å². The molecule has 0 fully saturated rings. The molecule has 0 unspecified atom stereocenters. The molecule has 1 atom stereocenters. The van der Waals surface area contributed by atoms with Gasteiger partial charge in [-0.1, -0.05) is 13.3 Å². The Morgan fingerprint density at radius 2 is 2.29 bits per heavy atom. The first kappa shape index (κ1) is 13.6. The van der Waals surface area contributed by atoms with E-state index in [9.17, 15) is 9.59 Å². The lowest BCUT2D eigenvalue weighted by molar-refractivity contribution is -0.139. The van der Waals surface area contributed by atoms with E-state index in [1.54, 1.807) is 12.1 Å². The molecule has 0 saturated carbocycles. The number of pyridine rings is 1. The van der Waals surface area contributed by atoms with Gasteiger partial charge in [0.25, 0.3) is 5.91 Å². The number of hydrogen-bond donors (Lipinski definition) is 2. The number of rotatable bonds is 5. The summed E-state index contributed by atoms with van der Waals surface area (Å²) in [5, 5.41) is 11.4. The lowest BCUT2D eigenvalue weighted by Gasteiger charge is -2.13. The maximum atomic E-state index is 11.8. The van der Waals surface area contributed by atoms with Gasteiger partial charge < -0.3 is 10.4 Å². The van der Waals surface area contributed by atoms with Crippen LogP contribution in [0.3, 0.4) is 0 Å². The second kappa shape index (κ2) is 6.34. The molecule has 17 heavy (non-hydrogen) atoms. The van der Waals surface area contributed by atoms with Crippen molar-refractivity contribution in [3.8, 4) is 0 Å². The first-order valence-electron chi connectivity index (χ1n) is 5.20. The van der Waals surface area contributed by atoms with Crippen molar-refractivity contribution >= 4 is 27.8 Å². The van der Waals surface area contributed by atoms with Crippen LogP contribution in [0.15, 0.2) is 22.8 Å². The Morgan fingerprint density at radius 1 is 1.59 bits per heavy atom. The van der Waals surface area contributed by atoms with E-state index in [0.717, 1.165) is 0 Å². The van der Waals surface area contributed by atoms with Crippen LogP contribution in [0.2, 0.25) is 0 Å². The smallest absolute Gasteiger partial charge is 0.326 e. The molecule has 92 valence electrons. The molecule has 0 aliphatic heterocycles. The molecule has 1 aromatic heterocycles. The molecule has 0 spiro atoms. The number of nitrogens with zero attached hydrogens (tertiary/aromatic N) is 1. The van der Waals surface area contributed by atoms with Crippen LogP contribution in [0.25, 0.3) is 0 Å². The highest BCUT2D eigenvalue weighted by atomic mass is 79.9. The third kappa shape index (κ3) is 3.81. The summed E-state index contributed by atoms with van der Waals surface area (Å²) < 4.78 is 0.540. The van der Waals surface area contributed by atoms with Gasteiger partial charge in [0.05, 0.1) is 0 Å². The zero-order valence-electron chi connectivity index (χ0n) is 9.31. The number of amides is 1. The van der Waals surface area contributed by atoms with Gasteiger partial charge in [-0.25, -0.2) is 9.78 Å². The highest BCUT2D eigenvalue weighted by Crippen LogP contribution is 2.13. The van der Waals surface area contributed by atoms with Crippen LogP contribution in [0, 0.1) is 0 Å². The van der Waals surface area contributed by atoms with Gasteiger partial charge in [0.2, 0.25) is 0 Å². The second-order valence-corrected chi connectivity index (χ2v) is 4.34. The summed E-state index contributed by atoms with van der Waals surface area (Å²) in [6, 6.07) is 2.49. The molecule has 2 N–H and O–H groups in total. The number of carboxylic acids is 1. The van der Waals surface area contributed by atoms with Gasteiger partial charge >= 0.3 is 5.97 Å². The zero-order chi connectivity index (χ0) is 12.8. The topological polar surface area (TPSA) is 79.3 Å². The van der Waals surface area contributed by atoms with Crippen molar-refractivity contribution in [1.29, 1.82) is 0 Å². The van der Waals surface area contributed by atoms with Crippen LogP contribution < -0.4 is 5.32 Å². The largest absolute Gasteiger partial charge is 0.480 e. The minimum Gasteiger partial charge on any atom is -0.480 e. The molecule has 0 radical (unpaired) electrons. The maximum Gasteiger partial charge on any atom is 0.326 e. The Morgan fingerprint density at radius 3 is 2.82 bits per heavy atom. The number of halogens is 1. The van der Waals surface area contributed by atoms with Crippen molar-refractivity contribution in [2.45, 2.75) is 25.8 Å². The van der Waals surface area contributed by atoms with Crippen LogP contribution in [0.4, 0.5) is 0 Å². The average Bonchev–Trinajstić information content (AvgIpc) is 2.28. The predicted octanol–water partition coefficient (Wildman–Crippen LogP) is 1.83. The van der Waals surface area contributed by atoms with E-state index in [0.29, 0.717) is 17.3 Å². The van der Waals surface area contributed by atoms with E-state index in [4.69, 9.17) is 5.11 Å². The van der Waals surface area contributed by atoms with Crippen LogP contribution >= 0.6 is 15.9 Å². The van der Waals surface area contributed by atoms with Crippen molar-refractivity contribution in [3.05, 3.63) is 28.5 Å². The number of hydrogen-bond acceptors (Lipinski definition) is 3. The van der Waals surface area contributed by atoms with E-state index in [1.807, 2.05) is 6.92 Å². The molecule has 6 heteroatoms. The molecular formula is C11H13BrN2O3. The molecule has 1 rings (SSSR count). The lowest BCUT2D eigenvalue weighted by atomic mass is 10.1. The molecule has 1 amide bonds. The van der Waals surface area contributed by atoms with Crippen molar-refractivity contribution < 1.29 is 14.7 Å². The number of carbonyl (C=O) groups excluding carboxylic acids is 1. The van der Waals surface area contributed by atoms with Crippen molar-refractivity contribution in [1.82, 2.24) is 10.3 Å². The molecule has 0 aliphatic rings. The number of aromatic nitrogens is 1. The fraction of sp³-hybridized carbons (Fsp3) is 0.364. The molecule has 0 aliphatic carbocycles. The summed E-state index contributed by atoms with van der Waals surface area (Å²) in [7, 11) is 0. The molecule has 0 bridgehead atoms. The summed E-state index contributed by atoms with van der Waals surface area (Å²) in [5.74, 6) is -1.52. The number of aliphatic carboxylic acids is 1. The summed E-state index contributed by atoms with van der Waals surface area (Å²) in [6.07, 6.45) is 2.56. The van der Waals surface area contributed by atoms with Gasteiger partial charge in [-0.2, -0.15) is 0 Å². The number of carboxylic acid groups (broad SMARTS) is 1. The summed E-state index contributed by atoms with van der Waals surface area (Å²) in [4.78, 5) is 26.6. The normalized spacial score (nSPS) is 11.9. The molecule has 1 aromatic rings. The number of carbonyl (C=O) groups is 2. The first-order chi connectivity index (χ1) is 8.06. The third-order valence-electron chi connectivity index (χ3n) is 2.15. The second-order valence-electron chi connectivity index (χ2n) is 3.49. The van der Waals surface area contributed by atoms with E-state index < -0.39 is 17.9 Å². The SMILES string of the molecule is CCC[C@H](NC(=O)c1ncccc1Br)C(=O)O. The average molecular weight is 301 g/mol. The number of nitrogens with one attached hydrogen (secondary N) is 1. The van der Waals surface area contributed by atoms with Gasteiger partial charge in [0.1, 0.15) is 11.7 Å². The Balaban J connectivity index is 2.77. The van der Waals surface area contributed by atoms with Gasteiger partial charge in [-0.15, -0.1) is 0 Å². The van der Waals surface area contributed by atoms with Crippen LogP contribution in [-0.4, -0.2) is 28.0 Å². The van der Waals surface area contributed by atoms with E-state index in [-0.39, 0.29) is 5.69 Å². The van der Waals surface area contributed by atoms with Gasteiger partial charge in [-0.3, -0.25) is 4.79 Å². The Hall–Kier alpha value is -1.43. The zero-order valence-corrected chi connectivity index (χ0v) is 10.9. The van der Waals surface area contributed by atoms with E-state index in [2.05, 4.69) is 26.2 Å². The van der Waals surface area contributed by atoms with Crippen LogP contribution in [-0.2, 0) is 4.79 Å². The van der Waals surface area contributed by atoms with E-state index >= 15 is 0 Å². The van der Waals surface area contributed by atoms with Gasteiger partial charge in [0.15, 0.2) is 0 Å². The van der Waals surface area contributed by atoms with Crippen molar-refractivity contribution in [3.63, 3.8) is 0 Å². The molecule has 0 saturated heterocycles. The predicted molar refractivity (Wildman–Crippen MR) is 65.7 cm³/mol. The van der Waals surface area contributed by atoms with Gasteiger partial charge in [0, 0.05) is 10.7 Å². The van der Waals surface area contributed by atoms with Crippen LogP contribution in [0.1, 0.15) is 30.3 Å². The summed E-state index contributed by atoms with van der Waals surface area (Å²) >= 11 is 3.19. The van der Waals surface area contributed by atoms with E-state index in [1.165, 1.54) is 6.20 Å². The fourth-order valence-corrected chi connectivity index (χ4v) is 1.76. The minimum atomic E-state index is -1.03. The quantitative estimate of drug-likeness (QED) is 0.869. The molecule has 0 aromatic carbocycles. The highest BCUT2D eigenvalue weighted by molar-refractivity contribution is 9.10. The molecule has 1 heterocycles. The third-order valence-corrected chi connectivity index (χ3v) is 2.79. The lowest BCUT2D eigenvalue weighted by Crippen LogP contribution is -2.41. The Kier molecular flexibility index (Phi) is 5.09. The molecular weight excluding hydrogens is 288 g/mol. The first-order valence-corrected chi connectivity index (χ1v) is 5.99. The fourth-order valence-electron chi connectivity index (χ4n) is 1.33. The summed E-state index contributed by atoms with van der Waals surface area (Å²) in [5.41, 5.74) is 0.190. The Labute approximate surface area is 107 Å².